The lowest BCUT2D eigenvalue weighted by molar-refractivity contribution is 0.444. The van der Waals surface area contributed by atoms with E-state index in [1.54, 1.807) is 7.05 Å². The van der Waals surface area contributed by atoms with Crippen LogP contribution in [0.15, 0.2) is 23.2 Å². The summed E-state index contributed by atoms with van der Waals surface area (Å²) in [6.07, 6.45) is 2.51. The average molecular weight is 275 g/mol. The van der Waals surface area contributed by atoms with Crippen LogP contribution < -0.4 is 0 Å². The predicted octanol–water partition coefficient (Wildman–Crippen LogP) is 2.01. The van der Waals surface area contributed by atoms with Crippen molar-refractivity contribution < 1.29 is 8.42 Å². The molecule has 4 nitrogen and oxygen atoms in total. The highest BCUT2D eigenvalue weighted by Gasteiger charge is 2.36. The molecule has 2 unspecified atom stereocenters. The van der Waals surface area contributed by atoms with E-state index in [-0.39, 0.29) is 10.0 Å². The molecule has 2 atom stereocenters. The topological polar surface area (TPSA) is 50.3 Å². The van der Waals surface area contributed by atoms with Gasteiger partial charge in [-0.05, 0) is 30.4 Å². The molecule has 0 spiro atoms. The Morgan fingerprint density at radius 3 is 2.76 bits per heavy atom. The smallest absolute Gasteiger partial charge is 0.242 e. The second kappa shape index (κ2) is 4.55. The maximum absolute atomic E-state index is 12.2. The molecule has 0 radical (unpaired) electrons. The first-order valence-electron chi connectivity index (χ1n) is 5.49. The van der Waals surface area contributed by atoms with Crippen LogP contribution >= 0.6 is 11.6 Å². The molecule has 0 saturated heterocycles. The number of hydrogen-bond donors (Lipinski definition) is 0. The molecule has 1 aromatic heterocycles. The number of rotatable bonds is 4. The van der Waals surface area contributed by atoms with Crippen LogP contribution in [0.4, 0.5) is 0 Å². The average Bonchev–Trinajstić information content (AvgIpc) is 2.94. The first-order chi connectivity index (χ1) is 7.91. The first-order valence-corrected chi connectivity index (χ1v) is 7.31. The third kappa shape index (κ3) is 2.78. The van der Waals surface area contributed by atoms with Gasteiger partial charge in [0.05, 0.1) is 4.90 Å². The summed E-state index contributed by atoms with van der Waals surface area (Å²) >= 11 is 5.70. The maximum atomic E-state index is 12.2. The molecule has 0 aromatic carbocycles. The van der Waals surface area contributed by atoms with Crippen molar-refractivity contribution in [3.05, 3.63) is 23.5 Å². The summed E-state index contributed by atoms with van der Waals surface area (Å²) < 4.78 is 25.8. The number of halogens is 1. The minimum atomic E-state index is -3.43. The molecular formula is C11H15ClN2O2S. The summed E-state index contributed by atoms with van der Waals surface area (Å²) in [7, 11) is -1.83. The molecule has 1 fully saturated rings. The lowest BCUT2D eigenvalue weighted by Gasteiger charge is -2.16. The van der Waals surface area contributed by atoms with Gasteiger partial charge in [-0.2, -0.15) is 0 Å². The normalized spacial score (nSPS) is 24.0. The summed E-state index contributed by atoms with van der Waals surface area (Å²) in [5.41, 5.74) is 0. The molecule has 1 heterocycles. The highest BCUT2D eigenvalue weighted by molar-refractivity contribution is 7.89. The van der Waals surface area contributed by atoms with Crippen LogP contribution in [0, 0.1) is 11.8 Å². The van der Waals surface area contributed by atoms with E-state index in [2.05, 4.69) is 11.9 Å². The molecule has 94 valence electrons. The fourth-order valence-corrected chi connectivity index (χ4v) is 3.29. The molecule has 1 aliphatic carbocycles. The molecule has 0 aliphatic heterocycles. The number of nitrogens with zero attached hydrogens (tertiary/aromatic N) is 2. The van der Waals surface area contributed by atoms with Gasteiger partial charge in [0.25, 0.3) is 0 Å². The van der Waals surface area contributed by atoms with Crippen LogP contribution in [0.25, 0.3) is 0 Å². The summed E-state index contributed by atoms with van der Waals surface area (Å²) in [5, 5.41) is 0.194. The number of hydrogen-bond acceptors (Lipinski definition) is 3. The summed E-state index contributed by atoms with van der Waals surface area (Å²) in [5.74, 6) is 1.13. The highest BCUT2D eigenvalue weighted by Crippen LogP contribution is 2.38. The maximum Gasteiger partial charge on any atom is 0.242 e. The first kappa shape index (κ1) is 12.8. The third-order valence-corrected chi connectivity index (χ3v) is 5.20. The SMILES string of the molecule is CC1CC1CN(C)S(=O)(=O)c1ccnc(Cl)c1. The Kier molecular flexibility index (Phi) is 3.43. The van der Waals surface area contributed by atoms with E-state index in [0.717, 1.165) is 6.42 Å². The Morgan fingerprint density at radius 1 is 1.59 bits per heavy atom. The molecular weight excluding hydrogens is 260 g/mol. The minimum Gasteiger partial charge on any atom is -0.244 e. The molecule has 0 N–H and O–H groups in total. The van der Waals surface area contributed by atoms with Gasteiger partial charge < -0.3 is 0 Å². The van der Waals surface area contributed by atoms with E-state index in [4.69, 9.17) is 11.6 Å². The van der Waals surface area contributed by atoms with Crippen LogP contribution in [0.1, 0.15) is 13.3 Å². The van der Waals surface area contributed by atoms with Gasteiger partial charge in [0.1, 0.15) is 5.15 Å². The van der Waals surface area contributed by atoms with Gasteiger partial charge in [-0.1, -0.05) is 18.5 Å². The fraction of sp³-hybridized carbons (Fsp3) is 0.545. The van der Waals surface area contributed by atoms with Gasteiger partial charge in [0, 0.05) is 19.8 Å². The molecule has 1 saturated carbocycles. The zero-order chi connectivity index (χ0) is 12.6. The van der Waals surface area contributed by atoms with E-state index in [0.29, 0.717) is 18.4 Å². The van der Waals surface area contributed by atoms with E-state index < -0.39 is 10.0 Å². The van der Waals surface area contributed by atoms with Crippen molar-refractivity contribution in [2.45, 2.75) is 18.2 Å². The van der Waals surface area contributed by atoms with Crippen molar-refractivity contribution in [2.24, 2.45) is 11.8 Å². The highest BCUT2D eigenvalue weighted by atomic mass is 35.5. The Morgan fingerprint density at radius 2 is 2.24 bits per heavy atom. The second-order valence-corrected chi connectivity index (χ2v) is 7.01. The number of sulfonamides is 1. The number of pyridine rings is 1. The Labute approximate surface area is 107 Å². The van der Waals surface area contributed by atoms with E-state index in [1.807, 2.05) is 0 Å². The number of aromatic nitrogens is 1. The molecule has 17 heavy (non-hydrogen) atoms. The van der Waals surface area contributed by atoms with Crippen LogP contribution in [-0.2, 0) is 10.0 Å². The van der Waals surface area contributed by atoms with Gasteiger partial charge in [-0.15, -0.1) is 0 Å². The Bertz CT molecular complexity index is 518. The standard InChI is InChI=1S/C11H15ClN2O2S/c1-8-5-9(8)7-14(2)17(15,16)10-3-4-13-11(12)6-10/h3-4,6,8-9H,5,7H2,1-2H3. The fourth-order valence-electron chi connectivity index (χ4n) is 1.81. The van der Waals surface area contributed by atoms with Gasteiger partial charge in [-0.25, -0.2) is 17.7 Å². The largest absolute Gasteiger partial charge is 0.244 e. The van der Waals surface area contributed by atoms with Gasteiger partial charge in [-0.3, -0.25) is 0 Å². The van der Waals surface area contributed by atoms with Crippen LogP contribution in [-0.4, -0.2) is 31.3 Å². The molecule has 1 aliphatic rings. The van der Waals surface area contributed by atoms with Crippen molar-refractivity contribution in [1.29, 1.82) is 0 Å². The van der Waals surface area contributed by atoms with Crippen molar-refractivity contribution in [1.82, 2.24) is 9.29 Å². The van der Waals surface area contributed by atoms with E-state index in [9.17, 15) is 8.42 Å². The molecule has 1 aromatic rings. The molecule has 6 heteroatoms. The zero-order valence-electron chi connectivity index (χ0n) is 9.80. The Balaban J connectivity index is 2.17. The molecule has 0 amide bonds. The van der Waals surface area contributed by atoms with Crippen LogP contribution in [0.5, 0.6) is 0 Å². The zero-order valence-corrected chi connectivity index (χ0v) is 11.4. The van der Waals surface area contributed by atoms with Crippen LogP contribution in [0.3, 0.4) is 0 Å². The quantitative estimate of drug-likeness (QED) is 0.789. The van der Waals surface area contributed by atoms with E-state index in [1.165, 1.54) is 22.6 Å². The van der Waals surface area contributed by atoms with Crippen molar-refractivity contribution >= 4 is 21.6 Å². The molecule has 2 rings (SSSR count). The second-order valence-electron chi connectivity index (χ2n) is 4.57. The van der Waals surface area contributed by atoms with E-state index >= 15 is 0 Å². The van der Waals surface area contributed by atoms with Crippen molar-refractivity contribution in [3.8, 4) is 0 Å². The summed E-state index contributed by atoms with van der Waals surface area (Å²) in [4.78, 5) is 3.98. The van der Waals surface area contributed by atoms with Gasteiger partial charge in [0.15, 0.2) is 0 Å². The van der Waals surface area contributed by atoms with Crippen LogP contribution in [0.2, 0.25) is 5.15 Å². The van der Waals surface area contributed by atoms with Gasteiger partial charge in [0.2, 0.25) is 10.0 Å². The molecule has 0 bridgehead atoms. The third-order valence-electron chi connectivity index (χ3n) is 3.17. The Hall–Kier alpha value is -0.650. The van der Waals surface area contributed by atoms with Gasteiger partial charge >= 0.3 is 0 Å². The summed E-state index contributed by atoms with van der Waals surface area (Å²) in [6.45, 7) is 2.71. The monoisotopic (exact) mass is 274 g/mol. The lowest BCUT2D eigenvalue weighted by atomic mass is 10.3. The van der Waals surface area contributed by atoms with Crippen molar-refractivity contribution in [3.63, 3.8) is 0 Å². The van der Waals surface area contributed by atoms with Crippen molar-refractivity contribution in [2.75, 3.05) is 13.6 Å². The summed E-state index contributed by atoms with van der Waals surface area (Å²) in [6, 6.07) is 2.84. The minimum absolute atomic E-state index is 0.194. The lowest BCUT2D eigenvalue weighted by Crippen LogP contribution is -2.29. The predicted molar refractivity (Wildman–Crippen MR) is 66.3 cm³/mol.